The third-order valence-electron chi connectivity index (χ3n) is 2.73. The summed E-state index contributed by atoms with van der Waals surface area (Å²) >= 11 is 2.06. The molecule has 1 aromatic rings. The summed E-state index contributed by atoms with van der Waals surface area (Å²) in [6.07, 6.45) is 1.70. The number of H-pyrrole nitrogens is 1. The van der Waals surface area contributed by atoms with Crippen molar-refractivity contribution in [3.05, 3.63) is 25.4 Å². The smallest absolute Gasteiger partial charge is 0.264 e. The van der Waals surface area contributed by atoms with Gasteiger partial charge in [0.1, 0.15) is 15.5 Å². The molecule has 0 saturated carbocycles. The Morgan fingerprint density at radius 2 is 2.06 bits per heavy atom. The monoisotopic (exact) mass is 364 g/mol. The molecule has 0 aromatic carbocycles. The van der Waals surface area contributed by atoms with Gasteiger partial charge in [-0.2, -0.15) is 0 Å². The highest BCUT2D eigenvalue weighted by atomic mass is 127. The zero-order valence-corrected chi connectivity index (χ0v) is 13.8. The largest absolute Gasteiger partial charge is 0.374 e. The van der Waals surface area contributed by atoms with Crippen molar-refractivity contribution in [1.82, 2.24) is 9.97 Å². The lowest BCUT2D eigenvalue weighted by Crippen LogP contribution is -2.26. The molecule has 1 N–H and O–H groups in total. The lowest BCUT2D eigenvalue weighted by Gasteiger charge is -2.21. The van der Waals surface area contributed by atoms with Crippen LogP contribution in [0.4, 0.5) is 0 Å². The Balaban J connectivity index is 3.32. The first-order chi connectivity index (χ1) is 8.31. The molecular weight excluding hydrogens is 343 g/mol. The molecule has 0 saturated heterocycles. The Bertz CT molecular complexity index is 463. The van der Waals surface area contributed by atoms with E-state index in [4.69, 9.17) is 4.74 Å². The molecule has 0 radical (unpaired) electrons. The fraction of sp³-hybridized carbons (Fsp3) is 0.692. The minimum absolute atomic E-state index is 0.0799. The predicted molar refractivity (Wildman–Crippen MR) is 80.9 cm³/mol. The van der Waals surface area contributed by atoms with Crippen LogP contribution in [0.5, 0.6) is 0 Å². The van der Waals surface area contributed by atoms with Gasteiger partial charge in [-0.15, -0.1) is 0 Å². The summed E-state index contributed by atoms with van der Waals surface area (Å²) in [6.45, 7) is 8.26. The van der Waals surface area contributed by atoms with Gasteiger partial charge < -0.3 is 9.72 Å². The molecule has 5 heteroatoms. The van der Waals surface area contributed by atoms with E-state index in [-0.39, 0.29) is 17.1 Å². The number of methoxy groups -OCH3 is 1. The van der Waals surface area contributed by atoms with Gasteiger partial charge in [0.05, 0.1) is 5.69 Å². The van der Waals surface area contributed by atoms with E-state index < -0.39 is 0 Å². The minimum Gasteiger partial charge on any atom is -0.374 e. The standard InChI is InChI=1S/C13H21IN2O2/c1-6-7-8(18-5)11-15-10(13(2,3)4)9(14)12(17)16-11/h8H,6-7H2,1-5H3,(H,15,16,17). The van der Waals surface area contributed by atoms with Crippen molar-refractivity contribution in [2.45, 2.75) is 52.1 Å². The molecular formula is C13H21IN2O2. The minimum atomic E-state index is -0.149. The summed E-state index contributed by atoms with van der Waals surface area (Å²) in [5, 5.41) is 0. The molecule has 1 atom stereocenters. The maximum absolute atomic E-state index is 12.0. The van der Waals surface area contributed by atoms with E-state index >= 15 is 0 Å². The zero-order chi connectivity index (χ0) is 13.9. The van der Waals surface area contributed by atoms with Crippen molar-refractivity contribution in [2.75, 3.05) is 7.11 Å². The summed E-state index contributed by atoms with van der Waals surface area (Å²) in [5.41, 5.74) is 0.605. The molecule has 1 unspecified atom stereocenters. The van der Waals surface area contributed by atoms with E-state index in [2.05, 4.69) is 60.3 Å². The third kappa shape index (κ3) is 3.54. The topological polar surface area (TPSA) is 55.0 Å². The van der Waals surface area contributed by atoms with E-state index in [0.717, 1.165) is 18.5 Å². The highest BCUT2D eigenvalue weighted by Gasteiger charge is 2.24. The summed E-state index contributed by atoms with van der Waals surface area (Å²) < 4.78 is 6.07. The van der Waals surface area contributed by atoms with Crippen molar-refractivity contribution in [1.29, 1.82) is 0 Å². The second-order valence-corrected chi connectivity index (χ2v) is 6.46. The van der Waals surface area contributed by atoms with Crippen LogP contribution in [0.25, 0.3) is 0 Å². The number of hydrogen-bond donors (Lipinski definition) is 1. The third-order valence-corrected chi connectivity index (χ3v) is 3.73. The molecule has 0 bridgehead atoms. The van der Waals surface area contributed by atoms with Gasteiger partial charge in [-0.05, 0) is 29.0 Å². The van der Waals surface area contributed by atoms with Crippen molar-refractivity contribution >= 4 is 22.6 Å². The molecule has 1 aromatic heterocycles. The van der Waals surface area contributed by atoms with Crippen LogP contribution in [-0.4, -0.2) is 17.1 Å². The zero-order valence-electron chi connectivity index (χ0n) is 11.6. The van der Waals surface area contributed by atoms with Crippen LogP contribution in [-0.2, 0) is 10.2 Å². The molecule has 0 spiro atoms. The van der Waals surface area contributed by atoms with Gasteiger partial charge in [0.15, 0.2) is 0 Å². The molecule has 0 aliphatic carbocycles. The fourth-order valence-electron chi connectivity index (χ4n) is 1.75. The molecule has 18 heavy (non-hydrogen) atoms. The number of hydrogen-bond acceptors (Lipinski definition) is 3. The van der Waals surface area contributed by atoms with E-state index in [0.29, 0.717) is 9.39 Å². The lowest BCUT2D eigenvalue weighted by atomic mass is 9.92. The molecule has 4 nitrogen and oxygen atoms in total. The van der Waals surface area contributed by atoms with Crippen LogP contribution in [0.15, 0.2) is 4.79 Å². The number of rotatable bonds is 4. The number of aromatic nitrogens is 2. The average molecular weight is 364 g/mol. The molecule has 0 aliphatic rings. The van der Waals surface area contributed by atoms with Gasteiger partial charge in [-0.3, -0.25) is 4.79 Å². The van der Waals surface area contributed by atoms with Crippen LogP contribution in [0.3, 0.4) is 0 Å². The summed E-state index contributed by atoms with van der Waals surface area (Å²) in [4.78, 5) is 19.4. The van der Waals surface area contributed by atoms with E-state index in [9.17, 15) is 4.79 Å². The molecule has 102 valence electrons. The SMILES string of the molecule is CCCC(OC)c1nc(C(C)(C)C)c(I)c(=O)[nH]1. The Morgan fingerprint density at radius 3 is 2.50 bits per heavy atom. The summed E-state index contributed by atoms with van der Waals surface area (Å²) in [5.74, 6) is 0.634. The summed E-state index contributed by atoms with van der Waals surface area (Å²) in [7, 11) is 1.65. The Hall–Kier alpha value is -0.430. The first kappa shape index (κ1) is 15.6. The van der Waals surface area contributed by atoms with Crippen LogP contribution in [0.2, 0.25) is 0 Å². The van der Waals surface area contributed by atoms with Crippen molar-refractivity contribution in [3.8, 4) is 0 Å². The highest BCUT2D eigenvalue weighted by Crippen LogP contribution is 2.25. The molecule has 1 heterocycles. The second-order valence-electron chi connectivity index (χ2n) is 5.38. The quantitative estimate of drug-likeness (QED) is 0.835. The van der Waals surface area contributed by atoms with Crippen molar-refractivity contribution in [3.63, 3.8) is 0 Å². The van der Waals surface area contributed by atoms with Crippen molar-refractivity contribution < 1.29 is 4.74 Å². The van der Waals surface area contributed by atoms with E-state index in [1.54, 1.807) is 7.11 Å². The number of aromatic amines is 1. The normalized spacial score (nSPS) is 13.7. The van der Waals surface area contributed by atoms with Crippen LogP contribution >= 0.6 is 22.6 Å². The van der Waals surface area contributed by atoms with Crippen molar-refractivity contribution in [2.24, 2.45) is 0 Å². The maximum atomic E-state index is 12.0. The van der Waals surface area contributed by atoms with Gasteiger partial charge in [-0.1, -0.05) is 34.1 Å². The summed E-state index contributed by atoms with van der Waals surface area (Å²) in [6, 6.07) is 0. The first-order valence-electron chi connectivity index (χ1n) is 6.14. The van der Waals surface area contributed by atoms with Crippen LogP contribution < -0.4 is 5.56 Å². The Morgan fingerprint density at radius 1 is 1.44 bits per heavy atom. The Kier molecular flexibility index (Phi) is 5.33. The number of ether oxygens (including phenoxy) is 1. The van der Waals surface area contributed by atoms with Gasteiger partial charge in [0.25, 0.3) is 5.56 Å². The van der Waals surface area contributed by atoms with E-state index in [1.165, 1.54) is 0 Å². The van der Waals surface area contributed by atoms with Gasteiger partial charge in [0, 0.05) is 12.5 Å². The maximum Gasteiger partial charge on any atom is 0.264 e. The number of nitrogens with zero attached hydrogens (tertiary/aromatic N) is 1. The second kappa shape index (κ2) is 6.14. The number of halogens is 1. The van der Waals surface area contributed by atoms with Gasteiger partial charge in [-0.25, -0.2) is 4.98 Å². The predicted octanol–water partition coefficient (Wildman–Crippen LogP) is 3.16. The van der Waals surface area contributed by atoms with Gasteiger partial charge in [0.2, 0.25) is 0 Å². The Labute approximate surface area is 122 Å². The molecule has 1 rings (SSSR count). The van der Waals surface area contributed by atoms with Crippen LogP contribution in [0, 0.1) is 3.57 Å². The fourth-order valence-corrected chi connectivity index (χ4v) is 2.82. The lowest BCUT2D eigenvalue weighted by molar-refractivity contribution is 0.0869. The van der Waals surface area contributed by atoms with E-state index in [1.807, 2.05) is 0 Å². The van der Waals surface area contributed by atoms with Crippen LogP contribution in [0.1, 0.15) is 58.2 Å². The average Bonchev–Trinajstić information content (AvgIpc) is 2.28. The highest BCUT2D eigenvalue weighted by molar-refractivity contribution is 14.1. The number of nitrogens with one attached hydrogen (secondary N) is 1. The first-order valence-corrected chi connectivity index (χ1v) is 7.22. The molecule has 0 fully saturated rings. The van der Waals surface area contributed by atoms with Gasteiger partial charge >= 0.3 is 0 Å². The molecule has 0 amide bonds. The molecule has 0 aliphatic heterocycles.